The van der Waals surface area contributed by atoms with Gasteiger partial charge in [-0.05, 0) is 63.6 Å². The zero-order valence-electron chi connectivity index (χ0n) is 21.5. The SMILES string of the molecule is CSc1ccc(OC(F)F)c(-n2nc(C(=O)NCCCN(C)C)c3cnc(-c4cnn5cccnc45)cc32)c1. The average molecular weight is 553 g/mol. The Kier molecular flexibility index (Phi) is 7.70. The van der Waals surface area contributed by atoms with Gasteiger partial charge in [0, 0.05) is 30.0 Å². The molecule has 5 aromatic rings. The summed E-state index contributed by atoms with van der Waals surface area (Å²) in [5.74, 6) is -0.455. The smallest absolute Gasteiger partial charge is 0.387 e. The second-order valence-corrected chi connectivity index (χ2v) is 9.80. The molecule has 0 unspecified atom stereocenters. The van der Waals surface area contributed by atoms with Crippen LogP contribution in [0.1, 0.15) is 16.9 Å². The lowest BCUT2D eigenvalue weighted by molar-refractivity contribution is -0.0499. The fraction of sp³-hybridized carbons (Fsp3) is 0.269. The quantitative estimate of drug-likeness (QED) is 0.204. The molecular formula is C26H26F2N8O2S. The van der Waals surface area contributed by atoms with Crippen molar-refractivity contribution in [2.75, 3.05) is 33.4 Å². The van der Waals surface area contributed by atoms with Crippen LogP contribution in [0, 0.1) is 0 Å². The molecule has 39 heavy (non-hydrogen) atoms. The van der Waals surface area contributed by atoms with Crippen LogP contribution in [0.2, 0.25) is 0 Å². The maximum atomic E-state index is 13.3. The van der Waals surface area contributed by atoms with Gasteiger partial charge < -0.3 is 15.0 Å². The van der Waals surface area contributed by atoms with Crippen LogP contribution in [-0.4, -0.2) is 80.2 Å². The van der Waals surface area contributed by atoms with Crippen molar-refractivity contribution in [2.45, 2.75) is 17.9 Å². The Morgan fingerprint density at radius 2 is 2.05 bits per heavy atom. The minimum absolute atomic E-state index is 0.0684. The Balaban J connectivity index is 1.66. The molecule has 1 amide bonds. The lowest BCUT2D eigenvalue weighted by Crippen LogP contribution is -2.27. The van der Waals surface area contributed by atoms with Crippen LogP contribution in [0.4, 0.5) is 8.78 Å². The summed E-state index contributed by atoms with van der Waals surface area (Å²) in [7, 11) is 3.92. The Labute approximate surface area is 227 Å². The number of nitrogens with one attached hydrogen (secondary N) is 1. The van der Waals surface area contributed by atoms with Crippen LogP contribution in [0.5, 0.6) is 5.75 Å². The molecule has 0 aliphatic carbocycles. The monoisotopic (exact) mass is 552 g/mol. The number of ether oxygens (including phenoxy) is 1. The van der Waals surface area contributed by atoms with E-state index in [2.05, 4.69) is 25.5 Å². The Morgan fingerprint density at radius 3 is 2.82 bits per heavy atom. The van der Waals surface area contributed by atoms with Crippen LogP contribution in [0.15, 0.2) is 60.0 Å². The lowest BCUT2D eigenvalue weighted by Gasteiger charge is -2.13. The maximum Gasteiger partial charge on any atom is 0.387 e. The predicted octanol–water partition coefficient (Wildman–Crippen LogP) is 4.14. The molecule has 0 spiro atoms. The first-order chi connectivity index (χ1) is 18.9. The van der Waals surface area contributed by atoms with Gasteiger partial charge in [0.1, 0.15) is 5.69 Å². The van der Waals surface area contributed by atoms with Gasteiger partial charge in [-0.25, -0.2) is 14.2 Å². The van der Waals surface area contributed by atoms with Gasteiger partial charge in [0.25, 0.3) is 5.91 Å². The van der Waals surface area contributed by atoms with E-state index in [1.807, 2.05) is 25.3 Å². The summed E-state index contributed by atoms with van der Waals surface area (Å²) in [6.07, 6.45) is 9.26. The highest BCUT2D eigenvalue weighted by atomic mass is 32.2. The standard InChI is InChI=1S/C26H26F2N8O2S/c1-34(2)10-4-9-30-25(37)23-18-14-31-19(17-15-32-35-11-5-8-29-24(17)35)13-20(18)36(33-23)21-12-16(39-3)6-7-22(21)38-26(27)28/h5-8,11-15,26H,4,9-10H2,1-3H3,(H,30,37). The molecule has 0 atom stereocenters. The van der Waals surface area contributed by atoms with Gasteiger partial charge in [0.2, 0.25) is 0 Å². The molecule has 13 heteroatoms. The first-order valence-electron chi connectivity index (χ1n) is 12.1. The molecular weight excluding hydrogens is 526 g/mol. The Hall–Kier alpha value is -4.10. The molecule has 0 bridgehead atoms. The van der Waals surface area contributed by atoms with Crippen molar-refractivity contribution in [3.8, 4) is 22.7 Å². The molecule has 0 aliphatic heterocycles. The highest BCUT2D eigenvalue weighted by Crippen LogP contribution is 2.34. The van der Waals surface area contributed by atoms with E-state index in [9.17, 15) is 13.6 Å². The highest BCUT2D eigenvalue weighted by molar-refractivity contribution is 7.98. The normalized spacial score (nSPS) is 11.7. The molecule has 0 saturated heterocycles. The van der Waals surface area contributed by atoms with Gasteiger partial charge >= 0.3 is 6.61 Å². The van der Waals surface area contributed by atoms with E-state index in [0.717, 1.165) is 17.9 Å². The second kappa shape index (κ2) is 11.3. The maximum absolute atomic E-state index is 13.3. The summed E-state index contributed by atoms with van der Waals surface area (Å²) in [6, 6.07) is 8.37. The zero-order chi connectivity index (χ0) is 27.5. The summed E-state index contributed by atoms with van der Waals surface area (Å²) in [4.78, 5) is 25.0. The van der Waals surface area contributed by atoms with E-state index in [1.54, 1.807) is 53.6 Å². The largest absolute Gasteiger partial charge is 0.433 e. The molecule has 10 nitrogen and oxygen atoms in total. The Morgan fingerprint density at radius 1 is 1.21 bits per heavy atom. The first-order valence-corrected chi connectivity index (χ1v) is 13.3. The van der Waals surface area contributed by atoms with Gasteiger partial charge in [-0.15, -0.1) is 11.8 Å². The van der Waals surface area contributed by atoms with E-state index in [-0.39, 0.29) is 23.0 Å². The van der Waals surface area contributed by atoms with Crippen molar-refractivity contribution in [2.24, 2.45) is 0 Å². The number of thioether (sulfide) groups is 1. The molecule has 0 fully saturated rings. The van der Waals surface area contributed by atoms with E-state index < -0.39 is 6.61 Å². The van der Waals surface area contributed by atoms with E-state index in [0.29, 0.717) is 34.4 Å². The van der Waals surface area contributed by atoms with Gasteiger partial charge in [0.05, 0.1) is 28.4 Å². The molecule has 202 valence electrons. The number of nitrogens with zero attached hydrogens (tertiary/aromatic N) is 7. The van der Waals surface area contributed by atoms with Crippen molar-refractivity contribution >= 4 is 34.2 Å². The minimum atomic E-state index is -3.03. The number of amides is 1. The summed E-state index contributed by atoms with van der Waals surface area (Å²) in [5.41, 5.74) is 2.69. The number of hydrogen-bond acceptors (Lipinski definition) is 8. The van der Waals surface area contributed by atoms with Gasteiger partial charge in [0.15, 0.2) is 17.1 Å². The van der Waals surface area contributed by atoms with E-state index >= 15 is 0 Å². The topological polar surface area (TPSA) is 102 Å². The number of carbonyl (C=O) groups is 1. The number of hydrogen-bond donors (Lipinski definition) is 1. The number of aromatic nitrogens is 6. The van der Waals surface area contributed by atoms with E-state index in [1.165, 1.54) is 22.5 Å². The molecule has 0 aliphatic rings. The average Bonchev–Trinajstić information content (AvgIpc) is 3.52. The molecule has 4 aromatic heterocycles. The summed E-state index contributed by atoms with van der Waals surface area (Å²) in [5, 5.41) is 12.3. The molecule has 0 saturated carbocycles. The van der Waals surface area contributed by atoms with Gasteiger partial charge in [-0.3, -0.25) is 9.78 Å². The molecule has 0 radical (unpaired) electrons. The molecule has 1 N–H and O–H groups in total. The lowest BCUT2D eigenvalue weighted by atomic mass is 10.1. The van der Waals surface area contributed by atoms with Crippen molar-refractivity contribution in [3.63, 3.8) is 0 Å². The predicted molar refractivity (Wildman–Crippen MR) is 145 cm³/mol. The third kappa shape index (κ3) is 5.54. The van der Waals surface area contributed by atoms with Gasteiger partial charge in [-0.1, -0.05) is 0 Å². The number of rotatable bonds is 10. The van der Waals surface area contributed by atoms with Crippen LogP contribution >= 0.6 is 11.8 Å². The minimum Gasteiger partial charge on any atom is -0.433 e. The third-order valence-corrected chi connectivity index (χ3v) is 6.74. The number of carbonyl (C=O) groups excluding carboxylic acids is 1. The molecule has 1 aromatic carbocycles. The van der Waals surface area contributed by atoms with Gasteiger partial charge in [-0.2, -0.15) is 19.0 Å². The van der Waals surface area contributed by atoms with Crippen LogP contribution in [0.3, 0.4) is 0 Å². The van der Waals surface area contributed by atoms with E-state index in [4.69, 9.17) is 4.74 Å². The summed E-state index contributed by atoms with van der Waals surface area (Å²) in [6.45, 7) is -1.77. The Bertz CT molecular complexity index is 1640. The van der Waals surface area contributed by atoms with Crippen molar-refractivity contribution in [3.05, 3.63) is 60.8 Å². The first kappa shape index (κ1) is 26.5. The van der Waals surface area contributed by atoms with Crippen LogP contribution in [-0.2, 0) is 0 Å². The third-order valence-electron chi connectivity index (χ3n) is 6.01. The fourth-order valence-corrected chi connectivity index (χ4v) is 4.62. The summed E-state index contributed by atoms with van der Waals surface area (Å²) >= 11 is 1.44. The van der Waals surface area contributed by atoms with Crippen molar-refractivity contribution in [1.29, 1.82) is 0 Å². The molecule has 4 heterocycles. The number of pyridine rings is 1. The number of halogens is 2. The number of fused-ring (bicyclic) bond motifs is 2. The number of alkyl halides is 2. The van der Waals surface area contributed by atoms with Crippen molar-refractivity contribution in [1.82, 2.24) is 39.6 Å². The fourth-order valence-electron chi connectivity index (χ4n) is 4.18. The van der Waals surface area contributed by atoms with Crippen LogP contribution in [0.25, 0.3) is 33.5 Å². The zero-order valence-corrected chi connectivity index (χ0v) is 22.3. The second-order valence-electron chi connectivity index (χ2n) is 8.92. The van der Waals surface area contributed by atoms with Crippen LogP contribution < -0.4 is 10.1 Å². The number of benzene rings is 1. The molecule has 5 rings (SSSR count). The summed E-state index contributed by atoms with van der Waals surface area (Å²) < 4.78 is 34.6. The van der Waals surface area contributed by atoms with Crippen molar-refractivity contribution < 1.29 is 18.3 Å². The highest BCUT2D eigenvalue weighted by Gasteiger charge is 2.23.